The van der Waals surface area contributed by atoms with Gasteiger partial charge in [0, 0.05) is 5.56 Å². The number of halogens is 2. The molecular formula is C29H44F2. The van der Waals surface area contributed by atoms with Crippen LogP contribution in [0.2, 0.25) is 0 Å². The molecule has 1 aliphatic carbocycles. The monoisotopic (exact) mass is 430 g/mol. The summed E-state index contributed by atoms with van der Waals surface area (Å²) >= 11 is 0. The van der Waals surface area contributed by atoms with E-state index >= 15 is 0 Å². The first-order valence-corrected chi connectivity index (χ1v) is 13.0. The normalized spacial score (nSPS) is 16.8. The van der Waals surface area contributed by atoms with Gasteiger partial charge in [0.25, 0.3) is 0 Å². The zero-order valence-electron chi connectivity index (χ0n) is 20.0. The number of benzene rings is 1. The molecule has 0 N–H and O–H groups in total. The lowest BCUT2D eigenvalue weighted by Gasteiger charge is -2.20. The molecule has 0 aliphatic heterocycles. The maximum atomic E-state index is 14.8. The molecular weight excluding hydrogens is 386 g/mol. The van der Waals surface area contributed by atoms with E-state index in [0.717, 1.165) is 44.1 Å². The smallest absolute Gasteiger partial charge is 0.166 e. The number of unbranched alkanes of at least 4 members (excludes halogenated alkanes) is 10. The molecule has 2 rings (SSSR count). The summed E-state index contributed by atoms with van der Waals surface area (Å²) < 4.78 is 29.4. The van der Waals surface area contributed by atoms with Crippen molar-refractivity contribution >= 4 is 5.57 Å². The second-order valence-corrected chi connectivity index (χ2v) is 9.31. The van der Waals surface area contributed by atoms with Gasteiger partial charge in [-0.2, -0.15) is 0 Å². The molecule has 0 fully saturated rings. The minimum Gasteiger partial charge on any atom is -0.203 e. The van der Waals surface area contributed by atoms with Crippen molar-refractivity contribution in [1.82, 2.24) is 0 Å². The second kappa shape index (κ2) is 15.4. The standard InChI is InChI=1S/C29H44F2/c1-3-5-7-9-11-13-15-17-26-22-23-27(29(31)28(26)30)25-20-18-24(19-21-25)16-14-12-10-8-6-4-2/h14,16,20,22-24H,3-13,15,17-19,21H2,1-2H3/b16-14+. The van der Waals surface area contributed by atoms with Crippen LogP contribution in [-0.2, 0) is 6.42 Å². The van der Waals surface area contributed by atoms with E-state index in [1.807, 2.05) is 12.1 Å². The fourth-order valence-electron chi connectivity index (χ4n) is 4.55. The maximum absolute atomic E-state index is 14.8. The van der Waals surface area contributed by atoms with E-state index in [1.54, 1.807) is 0 Å². The molecule has 1 aromatic rings. The van der Waals surface area contributed by atoms with E-state index in [0.29, 0.717) is 23.5 Å². The summed E-state index contributed by atoms with van der Waals surface area (Å²) in [7, 11) is 0. The Labute approximate surface area is 190 Å². The summed E-state index contributed by atoms with van der Waals surface area (Å²) in [4.78, 5) is 0. The Balaban J connectivity index is 1.81. The van der Waals surface area contributed by atoms with Crippen LogP contribution in [-0.4, -0.2) is 0 Å². The van der Waals surface area contributed by atoms with Gasteiger partial charge in [0.05, 0.1) is 0 Å². The summed E-state index contributed by atoms with van der Waals surface area (Å²) in [6.45, 7) is 4.46. The maximum Gasteiger partial charge on any atom is 0.166 e. The first-order valence-electron chi connectivity index (χ1n) is 13.0. The topological polar surface area (TPSA) is 0 Å². The molecule has 0 aromatic heterocycles. The van der Waals surface area contributed by atoms with Gasteiger partial charge in [0.2, 0.25) is 0 Å². The van der Waals surface area contributed by atoms with Crippen molar-refractivity contribution in [1.29, 1.82) is 0 Å². The van der Waals surface area contributed by atoms with Gasteiger partial charge in [0.1, 0.15) is 0 Å². The minimum atomic E-state index is -0.642. The van der Waals surface area contributed by atoms with Crippen molar-refractivity contribution in [3.8, 4) is 0 Å². The summed E-state index contributed by atoms with van der Waals surface area (Å²) in [5.74, 6) is -0.727. The van der Waals surface area contributed by atoms with E-state index < -0.39 is 11.6 Å². The fourth-order valence-corrected chi connectivity index (χ4v) is 4.55. The number of aryl methyl sites for hydroxylation is 1. The van der Waals surface area contributed by atoms with E-state index in [1.165, 1.54) is 57.8 Å². The largest absolute Gasteiger partial charge is 0.203 e. The predicted molar refractivity (Wildman–Crippen MR) is 131 cm³/mol. The highest BCUT2D eigenvalue weighted by Crippen LogP contribution is 2.33. The summed E-state index contributed by atoms with van der Waals surface area (Å²) in [6, 6.07) is 3.62. The van der Waals surface area contributed by atoms with Crippen molar-refractivity contribution in [2.45, 2.75) is 117 Å². The van der Waals surface area contributed by atoms with Crippen molar-refractivity contribution < 1.29 is 8.78 Å². The molecule has 0 amide bonds. The molecule has 1 aliphatic rings. The van der Waals surface area contributed by atoms with Gasteiger partial charge in [-0.3, -0.25) is 0 Å². The average molecular weight is 431 g/mol. The number of hydrogen-bond acceptors (Lipinski definition) is 0. The SMILES string of the molecule is CCCCCC/C=C/C1CC=C(c2ccc(CCCCCCCCC)c(F)c2F)CC1. The lowest BCUT2D eigenvalue weighted by Crippen LogP contribution is -2.06. The van der Waals surface area contributed by atoms with Crippen LogP contribution in [0.3, 0.4) is 0 Å². The second-order valence-electron chi connectivity index (χ2n) is 9.31. The molecule has 2 heteroatoms. The van der Waals surface area contributed by atoms with E-state index in [2.05, 4.69) is 32.1 Å². The van der Waals surface area contributed by atoms with Crippen molar-refractivity contribution in [2.75, 3.05) is 0 Å². The van der Waals surface area contributed by atoms with Crippen LogP contribution in [0.4, 0.5) is 8.78 Å². The van der Waals surface area contributed by atoms with E-state index in [4.69, 9.17) is 0 Å². The van der Waals surface area contributed by atoms with Crippen LogP contribution < -0.4 is 0 Å². The predicted octanol–water partition coefficient (Wildman–Crippen LogP) is 9.97. The molecule has 0 bridgehead atoms. The third-order valence-corrected chi connectivity index (χ3v) is 6.64. The molecule has 1 atom stereocenters. The number of allylic oxidation sites excluding steroid dienone is 4. The molecule has 0 saturated carbocycles. The first kappa shape index (κ1) is 25.8. The number of hydrogen-bond donors (Lipinski definition) is 0. The molecule has 1 unspecified atom stereocenters. The van der Waals surface area contributed by atoms with Crippen LogP contribution in [0.15, 0.2) is 30.4 Å². The number of rotatable bonds is 15. The van der Waals surface area contributed by atoms with E-state index in [9.17, 15) is 8.78 Å². The zero-order valence-corrected chi connectivity index (χ0v) is 20.0. The summed E-state index contributed by atoms with van der Waals surface area (Å²) in [5.41, 5.74) is 1.99. The highest BCUT2D eigenvalue weighted by molar-refractivity contribution is 5.67. The van der Waals surface area contributed by atoms with Crippen LogP contribution in [0, 0.1) is 17.6 Å². The van der Waals surface area contributed by atoms with Crippen LogP contribution in [0.5, 0.6) is 0 Å². The Morgan fingerprint density at radius 1 is 0.839 bits per heavy atom. The van der Waals surface area contributed by atoms with E-state index in [-0.39, 0.29) is 0 Å². The molecule has 0 heterocycles. The molecule has 0 nitrogen and oxygen atoms in total. The Morgan fingerprint density at radius 2 is 1.52 bits per heavy atom. The third kappa shape index (κ3) is 9.29. The van der Waals surface area contributed by atoms with Gasteiger partial charge < -0.3 is 0 Å². The van der Waals surface area contributed by atoms with Gasteiger partial charge in [-0.05, 0) is 62.0 Å². The lowest BCUT2D eigenvalue weighted by atomic mass is 9.85. The average Bonchev–Trinajstić information content (AvgIpc) is 2.79. The minimum absolute atomic E-state index is 0.475. The quantitative estimate of drug-likeness (QED) is 0.192. The molecule has 174 valence electrons. The lowest BCUT2D eigenvalue weighted by molar-refractivity contribution is 0.491. The summed E-state index contributed by atoms with van der Waals surface area (Å²) in [5, 5.41) is 0. The van der Waals surface area contributed by atoms with Gasteiger partial charge in [0.15, 0.2) is 11.6 Å². The van der Waals surface area contributed by atoms with Gasteiger partial charge in [-0.15, -0.1) is 0 Å². The first-order chi connectivity index (χ1) is 15.2. The van der Waals surface area contributed by atoms with Crippen LogP contribution >= 0.6 is 0 Å². The van der Waals surface area contributed by atoms with Crippen LogP contribution in [0.25, 0.3) is 5.57 Å². The Hall–Kier alpha value is -1.44. The zero-order chi connectivity index (χ0) is 22.3. The van der Waals surface area contributed by atoms with Crippen molar-refractivity contribution in [3.63, 3.8) is 0 Å². The Kier molecular flexibility index (Phi) is 12.8. The van der Waals surface area contributed by atoms with Crippen molar-refractivity contribution in [3.05, 3.63) is 53.1 Å². The molecule has 0 spiro atoms. The third-order valence-electron chi connectivity index (χ3n) is 6.64. The van der Waals surface area contributed by atoms with Gasteiger partial charge >= 0.3 is 0 Å². The fraction of sp³-hybridized carbons (Fsp3) is 0.655. The molecule has 1 aromatic carbocycles. The summed E-state index contributed by atoms with van der Waals surface area (Å²) in [6.07, 6.45) is 24.9. The van der Waals surface area contributed by atoms with Gasteiger partial charge in [-0.1, -0.05) is 102 Å². The molecule has 31 heavy (non-hydrogen) atoms. The highest BCUT2D eigenvalue weighted by Gasteiger charge is 2.19. The molecule has 0 radical (unpaired) electrons. The van der Waals surface area contributed by atoms with Crippen molar-refractivity contribution in [2.24, 2.45) is 5.92 Å². The molecule has 0 saturated heterocycles. The highest BCUT2D eigenvalue weighted by atomic mass is 19.2. The van der Waals surface area contributed by atoms with Crippen LogP contribution in [0.1, 0.15) is 121 Å². The Bertz CT molecular complexity index is 686. The Morgan fingerprint density at radius 3 is 2.19 bits per heavy atom. The van der Waals surface area contributed by atoms with Gasteiger partial charge in [-0.25, -0.2) is 8.78 Å².